The van der Waals surface area contributed by atoms with Crippen LogP contribution in [0.2, 0.25) is 0 Å². The lowest BCUT2D eigenvalue weighted by Crippen LogP contribution is -2.34. The maximum Gasteiger partial charge on any atom is 0.315 e. The average molecular weight is 344 g/mol. The summed E-state index contributed by atoms with van der Waals surface area (Å²) in [6.45, 7) is 2.37. The van der Waals surface area contributed by atoms with Crippen molar-refractivity contribution in [2.24, 2.45) is 0 Å². The summed E-state index contributed by atoms with van der Waals surface area (Å²) in [6, 6.07) is 7.60. The number of benzene rings is 1. The minimum atomic E-state index is -0.277. The van der Waals surface area contributed by atoms with E-state index in [0.29, 0.717) is 24.4 Å². The van der Waals surface area contributed by atoms with E-state index in [4.69, 9.17) is 9.26 Å². The lowest BCUT2D eigenvalue weighted by atomic mass is 9.98. The van der Waals surface area contributed by atoms with Gasteiger partial charge in [0.2, 0.25) is 5.89 Å². The number of amides is 2. The smallest absolute Gasteiger partial charge is 0.315 e. The molecule has 2 aromatic rings. The van der Waals surface area contributed by atoms with Crippen molar-refractivity contribution in [1.29, 1.82) is 0 Å². The molecule has 1 aliphatic carbocycles. The van der Waals surface area contributed by atoms with Crippen molar-refractivity contribution in [3.63, 3.8) is 0 Å². The first-order valence-corrected chi connectivity index (χ1v) is 8.75. The molecule has 2 N–H and O–H groups in total. The van der Waals surface area contributed by atoms with Crippen molar-refractivity contribution >= 4 is 6.03 Å². The first-order valence-electron chi connectivity index (χ1n) is 8.75. The Morgan fingerprint density at radius 2 is 2.04 bits per heavy atom. The third-order valence-corrected chi connectivity index (χ3v) is 4.18. The van der Waals surface area contributed by atoms with E-state index in [2.05, 4.69) is 20.8 Å². The van der Waals surface area contributed by atoms with E-state index in [1.165, 1.54) is 19.3 Å². The molecule has 0 saturated heterocycles. The van der Waals surface area contributed by atoms with Gasteiger partial charge in [0.25, 0.3) is 0 Å². The topological polar surface area (TPSA) is 89.3 Å². The quantitative estimate of drug-likeness (QED) is 0.840. The van der Waals surface area contributed by atoms with E-state index in [-0.39, 0.29) is 12.6 Å². The first-order chi connectivity index (χ1) is 12.2. The number of aromatic nitrogens is 2. The van der Waals surface area contributed by atoms with Gasteiger partial charge in [0, 0.05) is 13.5 Å². The second-order valence-corrected chi connectivity index (χ2v) is 6.29. The molecule has 1 fully saturated rings. The highest BCUT2D eigenvalue weighted by atomic mass is 16.5. The van der Waals surface area contributed by atoms with Crippen LogP contribution in [0.4, 0.5) is 4.79 Å². The van der Waals surface area contributed by atoms with Gasteiger partial charge in [0.05, 0.1) is 12.6 Å². The third-order valence-electron chi connectivity index (χ3n) is 4.18. The van der Waals surface area contributed by atoms with Crippen molar-refractivity contribution in [2.45, 2.75) is 58.2 Å². The number of nitrogens with one attached hydrogen (secondary N) is 2. The fourth-order valence-corrected chi connectivity index (χ4v) is 2.92. The van der Waals surface area contributed by atoms with Gasteiger partial charge in [-0.1, -0.05) is 23.7 Å². The van der Waals surface area contributed by atoms with Crippen LogP contribution in [0, 0.1) is 6.92 Å². The van der Waals surface area contributed by atoms with Crippen molar-refractivity contribution in [3.05, 3.63) is 41.5 Å². The molecule has 2 amide bonds. The van der Waals surface area contributed by atoms with Gasteiger partial charge in [-0.05, 0) is 43.4 Å². The average Bonchev–Trinajstić information content (AvgIpc) is 3.05. The molecule has 0 aliphatic heterocycles. The van der Waals surface area contributed by atoms with Crippen LogP contribution >= 0.6 is 0 Å². The first kappa shape index (κ1) is 17.3. The molecule has 0 spiro atoms. The highest BCUT2D eigenvalue weighted by molar-refractivity contribution is 5.73. The predicted molar refractivity (Wildman–Crippen MR) is 92.1 cm³/mol. The maximum absolute atomic E-state index is 11.9. The molecule has 0 bridgehead atoms. The van der Waals surface area contributed by atoms with Crippen molar-refractivity contribution in [3.8, 4) is 5.75 Å². The summed E-state index contributed by atoms with van der Waals surface area (Å²) in [6.07, 6.45) is 6.36. The Morgan fingerprint density at radius 3 is 2.80 bits per heavy atom. The zero-order valence-corrected chi connectivity index (χ0v) is 14.5. The van der Waals surface area contributed by atoms with Crippen molar-refractivity contribution in [1.82, 2.24) is 20.8 Å². The van der Waals surface area contributed by atoms with Crippen molar-refractivity contribution in [2.75, 3.05) is 0 Å². The van der Waals surface area contributed by atoms with Gasteiger partial charge in [0.1, 0.15) is 5.75 Å². The molecule has 0 atom stereocenters. The van der Waals surface area contributed by atoms with Gasteiger partial charge in [-0.3, -0.25) is 0 Å². The molecule has 7 heteroatoms. The number of urea groups is 1. The van der Waals surface area contributed by atoms with Crippen LogP contribution in [0.25, 0.3) is 0 Å². The van der Waals surface area contributed by atoms with Gasteiger partial charge in [-0.25, -0.2) is 4.79 Å². The summed E-state index contributed by atoms with van der Waals surface area (Å²) < 4.78 is 10.9. The summed E-state index contributed by atoms with van der Waals surface area (Å²) in [5.41, 5.74) is 0.999. The Kier molecular flexibility index (Phi) is 5.87. The molecular weight excluding hydrogens is 320 g/mol. The van der Waals surface area contributed by atoms with Crippen LogP contribution in [-0.2, 0) is 13.1 Å². The lowest BCUT2D eigenvalue weighted by molar-refractivity contribution is 0.155. The standard InChI is InChI=1S/C18H24N4O3/c1-13-21-17(22-25-13)12-20-18(23)19-11-14-6-5-9-16(10-14)24-15-7-3-2-4-8-15/h5-6,9-10,15H,2-4,7-8,11-12H2,1H3,(H2,19,20,23). The fraction of sp³-hybridized carbons (Fsp3) is 0.500. The summed E-state index contributed by atoms with van der Waals surface area (Å²) in [4.78, 5) is 15.9. The number of carbonyl (C=O) groups excluding carboxylic acids is 1. The van der Waals surface area contributed by atoms with E-state index in [1.807, 2.05) is 24.3 Å². The Labute approximate surface area is 147 Å². The van der Waals surface area contributed by atoms with Crippen LogP contribution in [0.15, 0.2) is 28.8 Å². The van der Waals surface area contributed by atoms with Crippen molar-refractivity contribution < 1.29 is 14.1 Å². The van der Waals surface area contributed by atoms with E-state index < -0.39 is 0 Å². The zero-order chi connectivity index (χ0) is 17.5. The maximum atomic E-state index is 11.9. The number of ether oxygens (including phenoxy) is 1. The summed E-state index contributed by atoms with van der Waals surface area (Å²) >= 11 is 0. The van der Waals surface area contributed by atoms with Crippen LogP contribution < -0.4 is 15.4 Å². The van der Waals surface area contributed by atoms with Crippen LogP contribution in [0.3, 0.4) is 0 Å². The van der Waals surface area contributed by atoms with E-state index in [0.717, 1.165) is 24.2 Å². The molecular formula is C18H24N4O3. The predicted octanol–water partition coefficient (Wildman–Crippen LogP) is 3.09. The molecule has 0 unspecified atom stereocenters. The van der Waals surface area contributed by atoms with Crippen LogP contribution in [-0.4, -0.2) is 22.3 Å². The largest absolute Gasteiger partial charge is 0.490 e. The normalized spacial score (nSPS) is 14.9. The molecule has 1 aromatic heterocycles. The number of nitrogens with zero attached hydrogens (tertiary/aromatic N) is 2. The summed E-state index contributed by atoms with van der Waals surface area (Å²) in [5, 5.41) is 9.24. The Hall–Kier alpha value is -2.57. The molecule has 1 aromatic carbocycles. The second-order valence-electron chi connectivity index (χ2n) is 6.29. The fourth-order valence-electron chi connectivity index (χ4n) is 2.92. The lowest BCUT2D eigenvalue weighted by Gasteiger charge is -2.23. The highest BCUT2D eigenvalue weighted by Gasteiger charge is 2.14. The monoisotopic (exact) mass is 344 g/mol. The molecule has 7 nitrogen and oxygen atoms in total. The second kappa shape index (κ2) is 8.50. The molecule has 1 heterocycles. The Balaban J connectivity index is 1.44. The minimum Gasteiger partial charge on any atom is -0.490 e. The van der Waals surface area contributed by atoms with E-state index >= 15 is 0 Å². The van der Waals surface area contributed by atoms with Gasteiger partial charge in [-0.15, -0.1) is 0 Å². The molecule has 134 valence electrons. The SMILES string of the molecule is Cc1nc(CNC(=O)NCc2cccc(OC3CCCCC3)c2)no1. The summed E-state index contributed by atoms with van der Waals surface area (Å²) in [5.74, 6) is 1.80. The molecule has 1 aliphatic rings. The minimum absolute atomic E-state index is 0.230. The molecule has 1 saturated carbocycles. The van der Waals surface area contributed by atoms with E-state index in [1.54, 1.807) is 6.92 Å². The van der Waals surface area contributed by atoms with Crippen LogP contribution in [0.1, 0.15) is 49.4 Å². The highest BCUT2D eigenvalue weighted by Crippen LogP contribution is 2.23. The van der Waals surface area contributed by atoms with Gasteiger partial charge >= 0.3 is 6.03 Å². The number of rotatable bonds is 6. The third kappa shape index (κ3) is 5.48. The Morgan fingerprint density at radius 1 is 1.24 bits per heavy atom. The number of aryl methyl sites for hydroxylation is 1. The summed E-state index contributed by atoms with van der Waals surface area (Å²) in [7, 11) is 0. The van der Waals surface area contributed by atoms with Gasteiger partial charge in [0.15, 0.2) is 5.82 Å². The van der Waals surface area contributed by atoms with Crippen LogP contribution in [0.5, 0.6) is 5.75 Å². The van der Waals surface area contributed by atoms with E-state index in [9.17, 15) is 4.79 Å². The Bertz CT molecular complexity index is 695. The molecule has 25 heavy (non-hydrogen) atoms. The van der Waals surface area contributed by atoms with Gasteiger partial charge < -0.3 is 19.9 Å². The molecule has 0 radical (unpaired) electrons. The zero-order valence-electron chi connectivity index (χ0n) is 14.5. The number of hydrogen-bond donors (Lipinski definition) is 2. The molecule has 3 rings (SSSR count). The number of carbonyl (C=O) groups is 1. The number of hydrogen-bond acceptors (Lipinski definition) is 5. The van der Waals surface area contributed by atoms with Gasteiger partial charge in [-0.2, -0.15) is 4.98 Å².